The first-order valence-corrected chi connectivity index (χ1v) is 7.66. The van der Waals surface area contributed by atoms with Gasteiger partial charge in [0, 0.05) is 29.7 Å². The predicted octanol–water partition coefficient (Wildman–Crippen LogP) is 3.82. The van der Waals surface area contributed by atoms with Crippen LogP contribution in [-0.2, 0) is 0 Å². The molecule has 0 unspecified atom stereocenters. The fraction of sp³-hybridized carbons (Fsp3) is 0.294. The number of rotatable bonds is 2. The maximum atomic E-state index is 12.1. The minimum Gasteiger partial charge on any atom is -0.422 e. The van der Waals surface area contributed by atoms with Crippen molar-refractivity contribution in [2.45, 2.75) is 19.3 Å². The Morgan fingerprint density at radius 2 is 1.82 bits per heavy atom. The molecule has 4 nitrogen and oxygen atoms in total. The Bertz CT molecular complexity index is 769. The molecule has 5 heteroatoms. The summed E-state index contributed by atoms with van der Waals surface area (Å²) in [5, 5.41) is 9.89. The van der Waals surface area contributed by atoms with Crippen molar-refractivity contribution < 1.29 is 4.42 Å². The van der Waals surface area contributed by atoms with E-state index >= 15 is 0 Å². The molecule has 1 saturated heterocycles. The van der Waals surface area contributed by atoms with Crippen molar-refractivity contribution in [1.29, 1.82) is 5.26 Å². The molecule has 0 atom stereocenters. The van der Waals surface area contributed by atoms with Crippen molar-refractivity contribution in [2.75, 3.05) is 18.0 Å². The number of piperidine rings is 1. The molecule has 1 aliphatic heterocycles. The lowest BCUT2D eigenvalue weighted by atomic mass is 10.1. The molecule has 0 spiro atoms. The highest BCUT2D eigenvalue weighted by Crippen LogP contribution is 2.28. The standard InChI is InChI=1S/C17H15ClN2O2/c18-13-6-4-12(5-7-13)16-10-15(14(11-19)17(21)22-16)20-8-2-1-3-9-20/h4-7,10H,1-3,8-9H2. The molecule has 0 bridgehead atoms. The van der Waals surface area contributed by atoms with E-state index in [9.17, 15) is 10.1 Å². The summed E-state index contributed by atoms with van der Waals surface area (Å²) < 4.78 is 5.31. The number of nitriles is 1. The lowest BCUT2D eigenvalue weighted by Crippen LogP contribution is -2.31. The van der Waals surface area contributed by atoms with Crippen LogP contribution in [0.4, 0.5) is 5.69 Å². The second-order valence-corrected chi connectivity index (χ2v) is 5.76. The SMILES string of the molecule is N#Cc1c(N2CCCCC2)cc(-c2ccc(Cl)cc2)oc1=O. The van der Waals surface area contributed by atoms with Gasteiger partial charge >= 0.3 is 5.63 Å². The van der Waals surface area contributed by atoms with Gasteiger partial charge in [-0.05, 0) is 43.5 Å². The quantitative estimate of drug-likeness (QED) is 0.845. The van der Waals surface area contributed by atoms with Crippen LogP contribution in [0.5, 0.6) is 0 Å². The van der Waals surface area contributed by atoms with Crippen molar-refractivity contribution >= 4 is 17.3 Å². The molecule has 1 aromatic carbocycles. The molecule has 1 aromatic heterocycles. The van der Waals surface area contributed by atoms with Crippen LogP contribution in [0.2, 0.25) is 5.02 Å². The van der Waals surface area contributed by atoms with E-state index in [-0.39, 0.29) is 5.56 Å². The third-order valence-corrected chi connectivity index (χ3v) is 4.12. The molecule has 1 fully saturated rings. The van der Waals surface area contributed by atoms with Crippen LogP contribution < -0.4 is 10.5 Å². The van der Waals surface area contributed by atoms with E-state index in [1.165, 1.54) is 6.42 Å². The molecule has 0 amide bonds. The van der Waals surface area contributed by atoms with Crippen molar-refractivity contribution in [1.82, 2.24) is 0 Å². The molecule has 2 heterocycles. The van der Waals surface area contributed by atoms with Crippen molar-refractivity contribution in [3.05, 3.63) is 51.3 Å². The first-order valence-electron chi connectivity index (χ1n) is 7.28. The van der Waals surface area contributed by atoms with Gasteiger partial charge in [-0.15, -0.1) is 0 Å². The Balaban J connectivity index is 2.09. The normalized spacial score (nSPS) is 14.6. The highest BCUT2D eigenvalue weighted by molar-refractivity contribution is 6.30. The van der Waals surface area contributed by atoms with Crippen LogP contribution in [0.25, 0.3) is 11.3 Å². The molecular weight excluding hydrogens is 300 g/mol. The molecule has 22 heavy (non-hydrogen) atoms. The van der Waals surface area contributed by atoms with Gasteiger partial charge in [0.1, 0.15) is 11.8 Å². The summed E-state index contributed by atoms with van der Waals surface area (Å²) in [5.41, 5.74) is 0.933. The third-order valence-electron chi connectivity index (χ3n) is 3.87. The number of hydrogen-bond acceptors (Lipinski definition) is 4. The van der Waals surface area contributed by atoms with Crippen LogP contribution >= 0.6 is 11.6 Å². The average Bonchev–Trinajstić information content (AvgIpc) is 2.55. The van der Waals surface area contributed by atoms with Gasteiger partial charge in [0.15, 0.2) is 5.56 Å². The fourth-order valence-electron chi connectivity index (χ4n) is 2.72. The summed E-state index contributed by atoms with van der Waals surface area (Å²) in [6, 6.07) is 10.9. The van der Waals surface area contributed by atoms with E-state index in [0.717, 1.165) is 31.5 Å². The second-order valence-electron chi connectivity index (χ2n) is 5.32. The van der Waals surface area contributed by atoms with E-state index in [0.29, 0.717) is 16.5 Å². The molecule has 0 radical (unpaired) electrons. The smallest absolute Gasteiger partial charge is 0.356 e. The van der Waals surface area contributed by atoms with Crippen molar-refractivity contribution in [2.24, 2.45) is 0 Å². The highest BCUT2D eigenvalue weighted by atomic mass is 35.5. The number of halogens is 1. The first-order chi connectivity index (χ1) is 10.7. The molecule has 112 valence electrons. The number of hydrogen-bond donors (Lipinski definition) is 0. The lowest BCUT2D eigenvalue weighted by molar-refractivity contribution is 0.519. The zero-order valence-corrected chi connectivity index (χ0v) is 12.8. The zero-order chi connectivity index (χ0) is 15.5. The van der Waals surface area contributed by atoms with Gasteiger partial charge in [-0.1, -0.05) is 11.6 Å². The maximum Gasteiger partial charge on any atom is 0.356 e. The summed E-state index contributed by atoms with van der Waals surface area (Å²) in [5.74, 6) is 0.459. The largest absolute Gasteiger partial charge is 0.422 e. The Hall–Kier alpha value is -2.25. The molecule has 1 aliphatic rings. The molecule has 0 N–H and O–H groups in total. The molecule has 3 rings (SSSR count). The van der Waals surface area contributed by atoms with Gasteiger partial charge in [-0.25, -0.2) is 4.79 Å². The van der Waals surface area contributed by atoms with E-state index < -0.39 is 5.63 Å². The summed E-state index contributed by atoms with van der Waals surface area (Å²) in [7, 11) is 0. The van der Waals surface area contributed by atoms with Crippen LogP contribution in [0.15, 0.2) is 39.5 Å². The zero-order valence-electron chi connectivity index (χ0n) is 12.0. The Morgan fingerprint density at radius 1 is 1.14 bits per heavy atom. The Labute approximate surface area is 133 Å². The summed E-state index contributed by atoms with van der Waals surface area (Å²) in [4.78, 5) is 14.2. The van der Waals surface area contributed by atoms with Gasteiger partial charge in [0.25, 0.3) is 0 Å². The monoisotopic (exact) mass is 314 g/mol. The summed E-state index contributed by atoms with van der Waals surface area (Å²) >= 11 is 5.89. The van der Waals surface area contributed by atoms with Crippen molar-refractivity contribution in [3.8, 4) is 17.4 Å². The van der Waals surface area contributed by atoms with E-state index in [2.05, 4.69) is 4.90 Å². The maximum absolute atomic E-state index is 12.1. The van der Waals surface area contributed by atoms with Crippen LogP contribution in [0.3, 0.4) is 0 Å². The lowest BCUT2D eigenvalue weighted by Gasteiger charge is -2.29. The number of anilines is 1. The Morgan fingerprint density at radius 3 is 2.45 bits per heavy atom. The predicted molar refractivity (Wildman–Crippen MR) is 86.2 cm³/mol. The minimum absolute atomic E-state index is 0.0830. The third kappa shape index (κ3) is 2.86. The van der Waals surface area contributed by atoms with Gasteiger partial charge in [0.05, 0.1) is 5.69 Å². The molecular formula is C17H15ClN2O2. The van der Waals surface area contributed by atoms with Gasteiger partial charge in [0.2, 0.25) is 0 Å². The van der Waals surface area contributed by atoms with E-state index in [4.69, 9.17) is 16.0 Å². The van der Waals surface area contributed by atoms with Gasteiger partial charge in [-0.2, -0.15) is 5.26 Å². The summed E-state index contributed by atoms with van der Waals surface area (Å²) in [6.45, 7) is 1.72. The van der Waals surface area contributed by atoms with Crippen LogP contribution in [-0.4, -0.2) is 13.1 Å². The first kappa shape index (κ1) is 14.7. The van der Waals surface area contributed by atoms with Crippen LogP contribution in [0, 0.1) is 11.3 Å². The molecule has 0 saturated carbocycles. The molecule has 2 aromatic rings. The Kier molecular flexibility index (Phi) is 4.17. The van der Waals surface area contributed by atoms with E-state index in [1.54, 1.807) is 30.3 Å². The average molecular weight is 315 g/mol. The summed E-state index contributed by atoms with van der Waals surface area (Å²) in [6.07, 6.45) is 3.33. The fourth-order valence-corrected chi connectivity index (χ4v) is 2.85. The van der Waals surface area contributed by atoms with Gasteiger partial charge in [-0.3, -0.25) is 0 Å². The number of nitrogens with zero attached hydrogens (tertiary/aromatic N) is 2. The highest BCUT2D eigenvalue weighted by Gasteiger charge is 2.19. The minimum atomic E-state index is -0.587. The van der Waals surface area contributed by atoms with E-state index in [1.807, 2.05) is 6.07 Å². The molecule has 0 aliphatic carbocycles. The number of benzene rings is 1. The van der Waals surface area contributed by atoms with Crippen molar-refractivity contribution in [3.63, 3.8) is 0 Å². The second kappa shape index (κ2) is 6.25. The van der Waals surface area contributed by atoms with Crippen LogP contribution in [0.1, 0.15) is 24.8 Å². The van der Waals surface area contributed by atoms with Gasteiger partial charge < -0.3 is 9.32 Å². The topological polar surface area (TPSA) is 57.2 Å².